The Kier molecular flexibility index (Phi) is 7.63. The van der Waals surface area contributed by atoms with Crippen molar-refractivity contribution < 1.29 is 25.8 Å². The van der Waals surface area contributed by atoms with Crippen LogP contribution in [0, 0.1) is 0 Å². The molecule has 0 saturated heterocycles. The molecule has 21 heavy (non-hydrogen) atoms. The minimum absolute atomic E-state index is 0. The van der Waals surface area contributed by atoms with Gasteiger partial charge in [0.15, 0.2) is 0 Å². The normalized spacial score (nSPS) is 8.95. The Morgan fingerprint density at radius 1 is 0.571 bits per heavy atom. The van der Waals surface area contributed by atoms with Gasteiger partial charge in [-0.2, -0.15) is 35.0 Å². The maximum atomic E-state index is 3.00. The van der Waals surface area contributed by atoms with E-state index in [0.29, 0.717) is 0 Å². The smallest absolute Gasteiger partial charge is 0 e. The Balaban J connectivity index is 0.000000181. The molecule has 0 spiro atoms. The van der Waals surface area contributed by atoms with Gasteiger partial charge in [-0.05, 0) is 0 Å². The van der Waals surface area contributed by atoms with Crippen molar-refractivity contribution in [2.24, 2.45) is 0 Å². The fourth-order valence-electron chi connectivity index (χ4n) is 2.14. The summed E-state index contributed by atoms with van der Waals surface area (Å²) in [6.45, 7) is 6.00. The molecule has 4 rings (SSSR count). The molecular formula is C20H18Hf-2. The number of hydrogen-bond acceptors (Lipinski definition) is 0. The fraction of sp³-hybridized carbons (Fsp3) is 0. The largest absolute Gasteiger partial charge is 0.168 e. The summed E-state index contributed by atoms with van der Waals surface area (Å²) in [5.74, 6) is 0. The van der Waals surface area contributed by atoms with Crippen molar-refractivity contribution in [2.45, 2.75) is 0 Å². The van der Waals surface area contributed by atoms with E-state index in [9.17, 15) is 0 Å². The maximum Gasteiger partial charge on any atom is 0 e. The Bertz CT molecular complexity index is 635. The van der Waals surface area contributed by atoms with Crippen LogP contribution in [0.25, 0.3) is 21.5 Å². The molecule has 4 aromatic rings. The molecule has 0 N–H and O–H groups in total. The minimum Gasteiger partial charge on any atom is -0.168 e. The third-order valence-electron chi connectivity index (χ3n) is 3.10. The first-order valence-electron chi connectivity index (χ1n) is 6.64. The molecule has 4 aromatic carbocycles. The second-order valence-electron chi connectivity index (χ2n) is 4.31. The molecule has 0 aliphatic carbocycles. The Hall–Kier alpha value is -1.73. The van der Waals surface area contributed by atoms with E-state index in [1.807, 2.05) is 0 Å². The van der Waals surface area contributed by atoms with Gasteiger partial charge < -0.3 is 0 Å². The van der Waals surface area contributed by atoms with E-state index in [1.165, 1.54) is 21.5 Å². The van der Waals surface area contributed by atoms with Crippen LogP contribution in [0.5, 0.6) is 0 Å². The van der Waals surface area contributed by atoms with Crippen molar-refractivity contribution in [1.29, 1.82) is 0 Å². The summed E-state index contributed by atoms with van der Waals surface area (Å²) in [4.78, 5) is 0. The van der Waals surface area contributed by atoms with Gasteiger partial charge in [-0.25, -0.2) is 0 Å². The molecule has 104 valence electrons. The summed E-state index contributed by atoms with van der Waals surface area (Å²) >= 11 is 0. The van der Waals surface area contributed by atoms with Gasteiger partial charge in [-0.1, -0.05) is 12.1 Å². The molecule has 0 saturated carbocycles. The second-order valence-corrected chi connectivity index (χ2v) is 4.31. The molecule has 0 nitrogen and oxygen atoms in total. The molecule has 0 amide bonds. The average Bonchev–Trinajstić information content (AvgIpc) is 3.18. The van der Waals surface area contributed by atoms with E-state index in [4.69, 9.17) is 0 Å². The predicted octanol–water partition coefficient (Wildman–Crippen LogP) is 5.92. The number of rotatable bonds is 0. The van der Waals surface area contributed by atoms with Crippen molar-refractivity contribution in [1.82, 2.24) is 0 Å². The topological polar surface area (TPSA) is 0 Å². The van der Waals surface area contributed by atoms with Gasteiger partial charge in [-0.3, -0.25) is 0 Å². The van der Waals surface area contributed by atoms with Crippen molar-refractivity contribution in [2.75, 3.05) is 0 Å². The van der Waals surface area contributed by atoms with Crippen LogP contribution in [0.4, 0.5) is 0 Å². The summed E-state index contributed by atoms with van der Waals surface area (Å²) in [6.07, 6.45) is 0. The second kappa shape index (κ2) is 9.25. The molecule has 0 unspecified atom stereocenters. The van der Waals surface area contributed by atoms with Crippen LogP contribution >= 0.6 is 0 Å². The molecule has 0 atom stereocenters. The van der Waals surface area contributed by atoms with Gasteiger partial charge in [0.25, 0.3) is 0 Å². The van der Waals surface area contributed by atoms with Crippen LogP contribution < -0.4 is 0 Å². The first kappa shape index (κ1) is 17.3. The summed E-state index contributed by atoms with van der Waals surface area (Å²) < 4.78 is 0. The zero-order valence-electron chi connectivity index (χ0n) is 12.0. The van der Waals surface area contributed by atoms with Gasteiger partial charge in [-0.15, -0.1) is 72.5 Å². The molecular weight excluding hydrogens is 419 g/mol. The molecule has 0 aliphatic heterocycles. The Morgan fingerprint density at radius 2 is 0.952 bits per heavy atom. The van der Waals surface area contributed by atoms with Crippen molar-refractivity contribution in [3.8, 4) is 0 Å². The van der Waals surface area contributed by atoms with Crippen LogP contribution in [0.2, 0.25) is 0 Å². The van der Waals surface area contributed by atoms with Crippen LogP contribution in [0.3, 0.4) is 0 Å². The quantitative estimate of drug-likeness (QED) is 0.182. The van der Waals surface area contributed by atoms with Gasteiger partial charge in [0.1, 0.15) is 0 Å². The minimum atomic E-state index is 0. The zero-order valence-corrected chi connectivity index (χ0v) is 15.6. The average molecular weight is 437 g/mol. The number of benzene rings is 2. The predicted molar refractivity (Wildman–Crippen MR) is 90.3 cm³/mol. The molecule has 0 heterocycles. The van der Waals surface area contributed by atoms with Crippen molar-refractivity contribution in [3.05, 3.63) is 98.1 Å². The van der Waals surface area contributed by atoms with E-state index in [2.05, 4.69) is 98.1 Å². The van der Waals surface area contributed by atoms with Crippen LogP contribution in [-0.2, 0) is 25.8 Å². The molecule has 0 aromatic heterocycles. The third kappa shape index (κ3) is 4.64. The van der Waals surface area contributed by atoms with Crippen LogP contribution in [-0.4, -0.2) is 0 Å². The SMILES string of the molecule is C=C.[Hf].c1ccc2[cH-]ccc2c1.c1ccc2[cH-]ccc2c1. The van der Waals surface area contributed by atoms with E-state index in [-0.39, 0.29) is 25.8 Å². The summed E-state index contributed by atoms with van der Waals surface area (Å²) in [5.41, 5.74) is 0. The molecule has 1 heteroatoms. The van der Waals surface area contributed by atoms with Crippen LogP contribution in [0.1, 0.15) is 0 Å². The standard InChI is InChI=1S/2C9H7.C2H4.Hf/c2*1-2-5-9-7-3-6-8(9)4-1;1-2;/h2*1-7H;1-2H2;/q2*-1;;. The summed E-state index contributed by atoms with van der Waals surface area (Å²) in [5, 5.41) is 5.32. The molecule has 0 radical (unpaired) electrons. The van der Waals surface area contributed by atoms with Crippen LogP contribution in [0.15, 0.2) is 98.1 Å². The van der Waals surface area contributed by atoms with Crippen molar-refractivity contribution in [3.63, 3.8) is 0 Å². The fourth-order valence-corrected chi connectivity index (χ4v) is 2.14. The first-order chi connectivity index (χ1) is 9.93. The Morgan fingerprint density at radius 3 is 1.33 bits per heavy atom. The number of fused-ring (bicyclic) bond motifs is 2. The van der Waals surface area contributed by atoms with E-state index in [0.717, 1.165) is 0 Å². The van der Waals surface area contributed by atoms with Gasteiger partial charge >= 0.3 is 0 Å². The monoisotopic (exact) mass is 438 g/mol. The molecule has 0 aliphatic rings. The van der Waals surface area contributed by atoms with Crippen molar-refractivity contribution >= 4 is 21.5 Å². The number of hydrogen-bond donors (Lipinski definition) is 0. The van der Waals surface area contributed by atoms with Gasteiger partial charge in [0.05, 0.1) is 0 Å². The van der Waals surface area contributed by atoms with E-state index in [1.54, 1.807) is 0 Å². The molecule has 0 fully saturated rings. The molecule has 0 bridgehead atoms. The maximum absolute atomic E-state index is 3.00. The van der Waals surface area contributed by atoms with Gasteiger partial charge in [0.2, 0.25) is 0 Å². The van der Waals surface area contributed by atoms with E-state index < -0.39 is 0 Å². The Labute approximate surface area is 145 Å². The first-order valence-corrected chi connectivity index (χ1v) is 6.64. The zero-order chi connectivity index (χ0) is 14.2. The third-order valence-corrected chi connectivity index (χ3v) is 3.10. The summed E-state index contributed by atoms with van der Waals surface area (Å²) in [6, 6.07) is 29.3. The van der Waals surface area contributed by atoms with E-state index >= 15 is 0 Å². The van der Waals surface area contributed by atoms with Gasteiger partial charge in [0, 0.05) is 25.8 Å². The summed E-state index contributed by atoms with van der Waals surface area (Å²) in [7, 11) is 0.